The minimum atomic E-state index is -0.292. The van der Waals surface area contributed by atoms with E-state index in [1.807, 2.05) is 37.3 Å². The molecule has 0 N–H and O–H groups in total. The molecular formula is C16H14FNO. The van der Waals surface area contributed by atoms with Crippen molar-refractivity contribution in [1.29, 1.82) is 0 Å². The van der Waals surface area contributed by atoms with Crippen LogP contribution in [0.3, 0.4) is 0 Å². The second-order valence-corrected chi connectivity index (χ2v) is 4.83. The molecule has 0 spiro atoms. The number of nitrogens with zero attached hydrogens (tertiary/aromatic N) is 1. The first-order valence-corrected chi connectivity index (χ1v) is 6.31. The summed E-state index contributed by atoms with van der Waals surface area (Å²) in [6.07, 6.45) is 0. The van der Waals surface area contributed by atoms with E-state index >= 15 is 0 Å². The zero-order valence-electron chi connectivity index (χ0n) is 10.6. The quantitative estimate of drug-likeness (QED) is 0.804. The van der Waals surface area contributed by atoms with Crippen LogP contribution in [0.2, 0.25) is 0 Å². The Morgan fingerprint density at radius 3 is 2.63 bits per heavy atom. The predicted molar refractivity (Wildman–Crippen MR) is 72.4 cm³/mol. The number of hydrogen-bond donors (Lipinski definition) is 0. The Bertz CT molecular complexity index is 624. The Balaban J connectivity index is 1.98. The highest BCUT2D eigenvalue weighted by atomic mass is 19.1. The van der Waals surface area contributed by atoms with E-state index in [0.717, 1.165) is 16.8 Å². The van der Waals surface area contributed by atoms with E-state index in [4.69, 9.17) is 0 Å². The summed E-state index contributed by atoms with van der Waals surface area (Å²) in [5.74, 6) is -0.529. The van der Waals surface area contributed by atoms with Gasteiger partial charge in [-0.05, 0) is 36.2 Å². The van der Waals surface area contributed by atoms with Crippen molar-refractivity contribution < 1.29 is 9.18 Å². The number of carbonyl (C=O) groups excluding carboxylic acids is 1. The third-order valence-corrected chi connectivity index (χ3v) is 3.57. The molecule has 0 saturated heterocycles. The molecule has 1 amide bonds. The van der Waals surface area contributed by atoms with Crippen molar-refractivity contribution in [2.45, 2.75) is 19.4 Å². The SMILES string of the molecule is CC1C(=O)N(Cc2ccccc2)c2ccc(F)cc21. The van der Waals surface area contributed by atoms with E-state index in [2.05, 4.69) is 0 Å². The number of amides is 1. The number of halogens is 1. The van der Waals surface area contributed by atoms with Gasteiger partial charge in [-0.3, -0.25) is 4.79 Å². The van der Waals surface area contributed by atoms with Crippen LogP contribution in [0, 0.1) is 5.82 Å². The number of anilines is 1. The fourth-order valence-corrected chi connectivity index (χ4v) is 2.53. The van der Waals surface area contributed by atoms with Gasteiger partial charge >= 0.3 is 0 Å². The first-order chi connectivity index (χ1) is 9.16. The lowest BCUT2D eigenvalue weighted by molar-refractivity contribution is -0.119. The average Bonchev–Trinajstić information content (AvgIpc) is 2.65. The smallest absolute Gasteiger partial charge is 0.234 e. The van der Waals surface area contributed by atoms with Gasteiger partial charge in [-0.15, -0.1) is 0 Å². The van der Waals surface area contributed by atoms with Gasteiger partial charge in [-0.1, -0.05) is 30.3 Å². The molecule has 1 aliphatic rings. The van der Waals surface area contributed by atoms with Gasteiger partial charge in [0.1, 0.15) is 5.82 Å². The van der Waals surface area contributed by atoms with E-state index in [1.54, 1.807) is 11.0 Å². The molecule has 1 atom stereocenters. The molecule has 2 aromatic rings. The summed E-state index contributed by atoms with van der Waals surface area (Å²) in [5.41, 5.74) is 2.67. The van der Waals surface area contributed by atoms with Gasteiger partial charge < -0.3 is 4.90 Å². The predicted octanol–water partition coefficient (Wildman–Crippen LogP) is 3.48. The fourth-order valence-electron chi connectivity index (χ4n) is 2.53. The highest BCUT2D eigenvalue weighted by molar-refractivity contribution is 6.04. The molecule has 2 aromatic carbocycles. The van der Waals surface area contributed by atoms with Crippen LogP contribution in [-0.2, 0) is 11.3 Å². The molecule has 0 saturated carbocycles. The Labute approximate surface area is 111 Å². The van der Waals surface area contributed by atoms with Crippen LogP contribution in [0.15, 0.2) is 48.5 Å². The van der Waals surface area contributed by atoms with Crippen molar-refractivity contribution >= 4 is 11.6 Å². The van der Waals surface area contributed by atoms with E-state index in [0.29, 0.717) is 6.54 Å². The summed E-state index contributed by atoms with van der Waals surface area (Å²) >= 11 is 0. The lowest BCUT2D eigenvalue weighted by atomic mass is 10.0. The second-order valence-electron chi connectivity index (χ2n) is 4.83. The van der Waals surface area contributed by atoms with Crippen molar-refractivity contribution in [2.75, 3.05) is 4.90 Å². The number of fused-ring (bicyclic) bond motifs is 1. The number of rotatable bonds is 2. The topological polar surface area (TPSA) is 20.3 Å². The zero-order chi connectivity index (χ0) is 13.4. The molecule has 1 unspecified atom stereocenters. The molecular weight excluding hydrogens is 241 g/mol. The summed E-state index contributed by atoms with van der Waals surface area (Å²) in [6.45, 7) is 2.36. The first-order valence-electron chi connectivity index (χ1n) is 6.31. The molecule has 1 aliphatic heterocycles. The van der Waals surface area contributed by atoms with Gasteiger partial charge in [0.05, 0.1) is 12.5 Å². The van der Waals surface area contributed by atoms with Crippen LogP contribution in [0.1, 0.15) is 24.0 Å². The van der Waals surface area contributed by atoms with E-state index in [-0.39, 0.29) is 17.6 Å². The summed E-state index contributed by atoms with van der Waals surface area (Å²) in [6, 6.07) is 14.4. The number of benzene rings is 2. The van der Waals surface area contributed by atoms with Crippen LogP contribution in [0.25, 0.3) is 0 Å². The zero-order valence-corrected chi connectivity index (χ0v) is 10.6. The van der Waals surface area contributed by atoms with Crippen molar-refractivity contribution in [3.8, 4) is 0 Å². The summed E-state index contributed by atoms with van der Waals surface area (Å²) in [5, 5.41) is 0. The maximum atomic E-state index is 13.3. The van der Waals surface area contributed by atoms with E-state index in [1.165, 1.54) is 12.1 Å². The average molecular weight is 255 g/mol. The standard InChI is InChI=1S/C16H14FNO/c1-11-14-9-13(17)7-8-15(14)18(16(11)19)10-12-5-3-2-4-6-12/h2-9,11H,10H2,1H3. The van der Waals surface area contributed by atoms with Crippen LogP contribution in [0.4, 0.5) is 10.1 Å². The molecule has 19 heavy (non-hydrogen) atoms. The van der Waals surface area contributed by atoms with E-state index < -0.39 is 0 Å². The molecule has 0 aromatic heterocycles. The van der Waals surface area contributed by atoms with Crippen molar-refractivity contribution in [3.05, 3.63) is 65.5 Å². The van der Waals surface area contributed by atoms with Crippen molar-refractivity contribution in [3.63, 3.8) is 0 Å². The molecule has 0 fully saturated rings. The van der Waals surface area contributed by atoms with Crippen LogP contribution < -0.4 is 4.90 Å². The minimum Gasteiger partial charge on any atom is -0.307 e. The van der Waals surface area contributed by atoms with Gasteiger partial charge in [-0.25, -0.2) is 4.39 Å². The Morgan fingerprint density at radius 1 is 1.16 bits per heavy atom. The second kappa shape index (κ2) is 4.50. The summed E-state index contributed by atoms with van der Waals surface area (Å²) < 4.78 is 13.3. The number of carbonyl (C=O) groups is 1. The maximum Gasteiger partial charge on any atom is 0.234 e. The monoisotopic (exact) mass is 255 g/mol. The highest BCUT2D eigenvalue weighted by Gasteiger charge is 2.34. The molecule has 0 radical (unpaired) electrons. The largest absolute Gasteiger partial charge is 0.307 e. The molecule has 0 bridgehead atoms. The van der Waals surface area contributed by atoms with Crippen LogP contribution >= 0.6 is 0 Å². The van der Waals surface area contributed by atoms with Gasteiger partial charge in [0.25, 0.3) is 0 Å². The minimum absolute atomic E-state index is 0.0319. The van der Waals surface area contributed by atoms with Crippen LogP contribution in [-0.4, -0.2) is 5.91 Å². The summed E-state index contributed by atoms with van der Waals surface area (Å²) in [7, 11) is 0. The molecule has 3 heteroatoms. The van der Waals surface area contributed by atoms with Crippen LogP contribution in [0.5, 0.6) is 0 Å². The Kier molecular flexibility index (Phi) is 2.82. The van der Waals surface area contributed by atoms with Gasteiger partial charge in [0.15, 0.2) is 0 Å². The van der Waals surface area contributed by atoms with Gasteiger partial charge in [-0.2, -0.15) is 0 Å². The van der Waals surface area contributed by atoms with Crippen molar-refractivity contribution in [1.82, 2.24) is 0 Å². The lowest BCUT2D eigenvalue weighted by Crippen LogP contribution is -2.27. The third-order valence-electron chi connectivity index (χ3n) is 3.57. The molecule has 96 valence electrons. The normalized spacial score (nSPS) is 17.7. The number of hydrogen-bond acceptors (Lipinski definition) is 1. The fraction of sp³-hybridized carbons (Fsp3) is 0.188. The molecule has 2 nitrogen and oxygen atoms in total. The molecule has 0 aliphatic carbocycles. The highest BCUT2D eigenvalue weighted by Crippen LogP contribution is 2.38. The summed E-state index contributed by atoms with van der Waals surface area (Å²) in [4.78, 5) is 14.0. The van der Waals surface area contributed by atoms with E-state index in [9.17, 15) is 9.18 Å². The Morgan fingerprint density at radius 2 is 1.89 bits per heavy atom. The van der Waals surface area contributed by atoms with Crippen molar-refractivity contribution in [2.24, 2.45) is 0 Å². The molecule has 1 heterocycles. The van der Waals surface area contributed by atoms with Gasteiger partial charge in [0, 0.05) is 5.69 Å². The lowest BCUT2D eigenvalue weighted by Gasteiger charge is -2.17. The van der Waals surface area contributed by atoms with Gasteiger partial charge in [0.2, 0.25) is 5.91 Å². The first kappa shape index (κ1) is 11.9. The Hall–Kier alpha value is -2.16. The third kappa shape index (κ3) is 2.01. The molecule has 3 rings (SSSR count). The maximum absolute atomic E-state index is 13.3.